The summed E-state index contributed by atoms with van der Waals surface area (Å²) in [6.07, 6.45) is 1.62. The molecule has 4 rings (SSSR count). The summed E-state index contributed by atoms with van der Waals surface area (Å²) in [6.45, 7) is 2.84. The van der Waals surface area contributed by atoms with E-state index in [0.29, 0.717) is 30.3 Å². The average Bonchev–Trinajstić information content (AvgIpc) is 2.80. The Kier molecular flexibility index (Phi) is 7.51. The van der Waals surface area contributed by atoms with Crippen molar-refractivity contribution in [1.29, 1.82) is 0 Å². The van der Waals surface area contributed by atoms with Gasteiger partial charge in [-0.15, -0.1) is 11.8 Å². The molecule has 0 aromatic heterocycles. The normalized spacial score (nSPS) is 17.5. The van der Waals surface area contributed by atoms with Gasteiger partial charge in [0.25, 0.3) is 0 Å². The first-order chi connectivity index (χ1) is 16.1. The molecule has 0 spiro atoms. The van der Waals surface area contributed by atoms with Crippen LogP contribution < -0.4 is 10.2 Å². The molecule has 2 aromatic rings. The van der Waals surface area contributed by atoms with Crippen LogP contribution in [-0.4, -0.2) is 49.9 Å². The number of carbonyl (C=O) groups is 2. The van der Waals surface area contributed by atoms with Crippen molar-refractivity contribution in [1.82, 2.24) is 9.62 Å². The number of nitrogens with one attached hydrogen (secondary N) is 1. The highest BCUT2D eigenvalue weighted by Gasteiger charge is 2.32. The molecule has 2 aromatic carbocycles. The van der Waals surface area contributed by atoms with Crippen LogP contribution in [0.15, 0.2) is 46.2 Å². The minimum absolute atomic E-state index is 0.0728. The fourth-order valence-electron chi connectivity index (χ4n) is 3.95. The maximum Gasteiger partial charge on any atom is 0.243 e. The molecule has 7 nitrogen and oxygen atoms in total. The van der Waals surface area contributed by atoms with Gasteiger partial charge in [0, 0.05) is 29.6 Å². The molecule has 1 fully saturated rings. The quantitative estimate of drug-likeness (QED) is 0.622. The first-order valence-corrected chi connectivity index (χ1v) is 13.7. The first-order valence-electron chi connectivity index (χ1n) is 10.9. The number of amides is 2. The highest BCUT2D eigenvalue weighted by atomic mass is 35.5. The molecule has 11 heteroatoms. The highest BCUT2D eigenvalue weighted by Crippen LogP contribution is 2.37. The van der Waals surface area contributed by atoms with Gasteiger partial charge < -0.3 is 10.2 Å². The van der Waals surface area contributed by atoms with E-state index in [9.17, 15) is 22.4 Å². The Hall–Kier alpha value is -2.14. The Balaban J connectivity index is 1.51. The predicted molar refractivity (Wildman–Crippen MR) is 130 cm³/mol. The third-order valence-electron chi connectivity index (χ3n) is 6.05. The highest BCUT2D eigenvalue weighted by molar-refractivity contribution is 8.00. The van der Waals surface area contributed by atoms with Gasteiger partial charge in [0.1, 0.15) is 12.4 Å². The molecule has 0 bridgehead atoms. The van der Waals surface area contributed by atoms with Crippen LogP contribution in [0, 0.1) is 11.7 Å². The number of rotatable bonds is 6. The van der Waals surface area contributed by atoms with Crippen molar-refractivity contribution in [2.24, 2.45) is 5.92 Å². The number of thioether (sulfide) groups is 1. The lowest BCUT2D eigenvalue weighted by Crippen LogP contribution is -2.43. The topological polar surface area (TPSA) is 86.8 Å². The summed E-state index contributed by atoms with van der Waals surface area (Å²) in [5, 5.41) is 2.88. The van der Waals surface area contributed by atoms with E-state index in [0.717, 1.165) is 23.8 Å². The Morgan fingerprint density at radius 1 is 1.21 bits per heavy atom. The van der Waals surface area contributed by atoms with Crippen LogP contribution in [0.1, 0.15) is 25.3 Å². The second kappa shape index (κ2) is 10.2. The molecule has 2 aliphatic rings. The molecule has 1 saturated heterocycles. The molecule has 2 heterocycles. The second-order valence-corrected chi connectivity index (χ2v) is 11.9. The van der Waals surface area contributed by atoms with Gasteiger partial charge in [-0.3, -0.25) is 9.59 Å². The number of benzene rings is 2. The third kappa shape index (κ3) is 5.40. The van der Waals surface area contributed by atoms with Gasteiger partial charge in [0.15, 0.2) is 0 Å². The molecule has 0 unspecified atom stereocenters. The number of halogens is 2. The Bertz CT molecular complexity index is 1220. The van der Waals surface area contributed by atoms with Crippen molar-refractivity contribution >= 4 is 50.9 Å². The van der Waals surface area contributed by atoms with Gasteiger partial charge in [0.05, 0.1) is 16.3 Å². The fourth-order valence-corrected chi connectivity index (χ4v) is 6.59. The van der Waals surface area contributed by atoms with Crippen molar-refractivity contribution in [2.45, 2.75) is 36.1 Å². The SMILES string of the molecule is CC1CCN(S(=O)(=O)c2ccc3c(c2)N(CC(=O)NCc2ccc(F)cc2Cl)C(=O)CS3)CC1. The van der Waals surface area contributed by atoms with E-state index in [1.54, 1.807) is 12.1 Å². The van der Waals surface area contributed by atoms with Crippen molar-refractivity contribution in [3.05, 3.63) is 52.8 Å². The number of anilines is 1. The van der Waals surface area contributed by atoms with E-state index in [1.165, 1.54) is 39.2 Å². The van der Waals surface area contributed by atoms with Crippen molar-refractivity contribution in [3.8, 4) is 0 Å². The van der Waals surface area contributed by atoms with E-state index in [1.807, 2.05) is 0 Å². The summed E-state index contributed by atoms with van der Waals surface area (Å²) >= 11 is 7.32. The van der Waals surface area contributed by atoms with E-state index in [-0.39, 0.29) is 34.7 Å². The lowest BCUT2D eigenvalue weighted by atomic mass is 10.0. The Morgan fingerprint density at radius 3 is 2.65 bits per heavy atom. The number of nitrogens with zero attached hydrogens (tertiary/aromatic N) is 2. The van der Waals surface area contributed by atoms with Crippen LogP contribution >= 0.6 is 23.4 Å². The molecule has 2 amide bonds. The Morgan fingerprint density at radius 2 is 1.94 bits per heavy atom. The Labute approximate surface area is 207 Å². The fraction of sp³-hybridized carbons (Fsp3) is 0.391. The van der Waals surface area contributed by atoms with Gasteiger partial charge in [-0.1, -0.05) is 24.6 Å². The minimum atomic E-state index is -3.70. The zero-order valence-corrected chi connectivity index (χ0v) is 21.0. The zero-order valence-electron chi connectivity index (χ0n) is 18.6. The van der Waals surface area contributed by atoms with Crippen LogP contribution in [0.5, 0.6) is 0 Å². The van der Waals surface area contributed by atoms with Crippen molar-refractivity contribution in [3.63, 3.8) is 0 Å². The molecule has 1 N–H and O–H groups in total. The molecule has 182 valence electrons. The molecule has 0 atom stereocenters. The zero-order chi connectivity index (χ0) is 24.5. The van der Waals surface area contributed by atoms with E-state index in [2.05, 4.69) is 12.2 Å². The standard InChI is InChI=1S/C23H25ClFN3O4S2/c1-15-6-8-27(9-7-15)34(31,32)18-4-5-21-20(11-18)28(23(30)14-33-21)13-22(29)26-12-16-2-3-17(25)10-19(16)24/h2-5,10-11,15H,6-9,12-14H2,1H3,(H,26,29). The second-order valence-electron chi connectivity index (χ2n) is 8.50. The van der Waals surface area contributed by atoms with Crippen LogP contribution in [0.25, 0.3) is 0 Å². The van der Waals surface area contributed by atoms with Gasteiger partial charge in [-0.05, 0) is 54.7 Å². The maximum atomic E-state index is 13.2. The van der Waals surface area contributed by atoms with E-state index in [4.69, 9.17) is 11.6 Å². The van der Waals surface area contributed by atoms with Gasteiger partial charge in [0.2, 0.25) is 21.8 Å². The van der Waals surface area contributed by atoms with Crippen LogP contribution in [-0.2, 0) is 26.2 Å². The lowest BCUT2D eigenvalue weighted by Gasteiger charge is -2.31. The molecule has 34 heavy (non-hydrogen) atoms. The number of hydrogen-bond acceptors (Lipinski definition) is 5. The van der Waals surface area contributed by atoms with E-state index >= 15 is 0 Å². The summed E-state index contributed by atoms with van der Waals surface area (Å²) in [5.74, 6) is -0.556. The van der Waals surface area contributed by atoms with Gasteiger partial charge >= 0.3 is 0 Å². The third-order valence-corrected chi connectivity index (χ3v) is 9.34. The monoisotopic (exact) mass is 525 g/mol. The van der Waals surface area contributed by atoms with Crippen molar-refractivity contribution < 1.29 is 22.4 Å². The molecule has 0 aliphatic carbocycles. The number of carbonyl (C=O) groups excluding carboxylic acids is 2. The van der Waals surface area contributed by atoms with E-state index < -0.39 is 21.7 Å². The summed E-state index contributed by atoms with van der Waals surface area (Å²) in [7, 11) is -3.70. The predicted octanol–water partition coefficient (Wildman–Crippen LogP) is 3.65. The summed E-state index contributed by atoms with van der Waals surface area (Å²) in [5.41, 5.74) is 0.948. The van der Waals surface area contributed by atoms with Crippen LogP contribution in [0.4, 0.5) is 10.1 Å². The summed E-state index contributed by atoms with van der Waals surface area (Å²) < 4.78 is 41.1. The first kappa shape index (κ1) is 25.0. The molecular formula is C23H25ClFN3O4S2. The van der Waals surface area contributed by atoms with Gasteiger partial charge in [-0.25, -0.2) is 12.8 Å². The van der Waals surface area contributed by atoms with Crippen molar-refractivity contribution in [2.75, 3.05) is 30.3 Å². The summed E-state index contributed by atoms with van der Waals surface area (Å²) in [6, 6.07) is 8.62. The lowest BCUT2D eigenvalue weighted by molar-refractivity contribution is -0.123. The van der Waals surface area contributed by atoms with Gasteiger partial charge in [-0.2, -0.15) is 4.31 Å². The summed E-state index contributed by atoms with van der Waals surface area (Å²) in [4.78, 5) is 27.4. The molecule has 2 aliphatic heterocycles. The number of fused-ring (bicyclic) bond motifs is 1. The number of sulfonamides is 1. The molecule has 0 radical (unpaired) electrons. The minimum Gasteiger partial charge on any atom is -0.350 e. The van der Waals surface area contributed by atoms with Crippen LogP contribution in [0.2, 0.25) is 5.02 Å². The van der Waals surface area contributed by atoms with Crippen LogP contribution in [0.3, 0.4) is 0 Å². The average molecular weight is 526 g/mol. The smallest absolute Gasteiger partial charge is 0.243 e. The number of hydrogen-bond donors (Lipinski definition) is 1. The maximum absolute atomic E-state index is 13.2. The molecular weight excluding hydrogens is 501 g/mol. The largest absolute Gasteiger partial charge is 0.350 e. The number of piperidine rings is 1. The molecule has 0 saturated carbocycles.